The molecule has 1 N–H and O–H groups in total. The number of para-hydroxylation sites is 1. The molecule has 3 aromatic carbocycles. The standard InChI is InChI=1S/C29H26N10/c1-18-10-14-23(15-11-18)33-36-26-20(3)30-28-25(35-32-22-8-6-5-7-9-22)29-31-21(4)27(39(29)38(26)28)37-34-24-16-12-19(2)13-17-24/h5-17,32H,1-4H3. The largest absolute Gasteiger partial charge is 0.278 e. The van der Waals surface area contributed by atoms with Crippen molar-refractivity contribution in [2.24, 2.45) is 25.6 Å². The van der Waals surface area contributed by atoms with Gasteiger partial charge >= 0.3 is 0 Å². The molecule has 0 spiro atoms. The van der Waals surface area contributed by atoms with Gasteiger partial charge in [0.25, 0.3) is 0 Å². The van der Waals surface area contributed by atoms with Gasteiger partial charge in [0.1, 0.15) is 0 Å². The predicted molar refractivity (Wildman–Crippen MR) is 151 cm³/mol. The monoisotopic (exact) mass is 514 g/mol. The molecule has 3 aromatic heterocycles. The van der Waals surface area contributed by atoms with E-state index in [9.17, 15) is 0 Å². The van der Waals surface area contributed by atoms with Crippen LogP contribution >= 0.6 is 0 Å². The highest BCUT2D eigenvalue weighted by Gasteiger charge is 2.23. The van der Waals surface area contributed by atoms with E-state index in [0.717, 1.165) is 28.2 Å². The van der Waals surface area contributed by atoms with Crippen molar-refractivity contribution < 1.29 is 0 Å². The van der Waals surface area contributed by atoms with Crippen LogP contribution in [-0.2, 0) is 0 Å². The maximum atomic E-state index is 4.80. The number of rotatable bonds is 6. The topological polar surface area (TPSA) is 108 Å². The van der Waals surface area contributed by atoms with Crippen LogP contribution in [0, 0.1) is 27.7 Å². The molecule has 0 saturated carbocycles. The zero-order chi connectivity index (χ0) is 26.9. The first-order valence-electron chi connectivity index (χ1n) is 12.5. The first-order valence-corrected chi connectivity index (χ1v) is 12.5. The second-order valence-electron chi connectivity index (χ2n) is 9.32. The summed E-state index contributed by atoms with van der Waals surface area (Å²) in [5.74, 6) is 1.11. The number of nitrogens with one attached hydrogen (secondary N) is 1. The first kappa shape index (κ1) is 24.1. The number of nitrogens with zero attached hydrogens (tertiary/aromatic N) is 9. The number of hydrogen-bond donors (Lipinski definition) is 1. The highest BCUT2D eigenvalue weighted by Crippen LogP contribution is 2.29. The molecule has 0 amide bonds. The summed E-state index contributed by atoms with van der Waals surface area (Å²) in [4.78, 5) is 9.60. The Morgan fingerprint density at radius 2 is 1.03 bits per heavy atom. The lowest BCUT2D eigenvalue weighted by molar-refractivity contribution is 0.859. The van der Waals surface area contributed by atoms with Crippen LogP contribution < -0.4 is 10.8 Å². The van der Waals surface area contributed by atoms with Crippen LogP contribution in [0.4, 0.5) is 28.7 Å². The van der Waals surface area contributed by atoms with Gasteiger partial charge in [0.15, 0.2) is 28.3 Å². The molecule has 10 nitrogen and oxygen atoms in total. The lowest BCUT2D eigenvalue weighted by Crippen LogP contribution is -2.06. The Morgan fingerprint density at radius 3 is 1.49 bits per heavy atom. The molecule has 192 valence electrons. The minimum atomic E-state index is 0.556. The van der Waals surface area contributed by atoms with Crippen molar-refractivity contribution in [2.75, 3.05) is 5.43 Å². The summed E-state index contributed by atoms with van der Waals surface area (Å²) in [5.41, 5.74) is 10.3. The average molecular weight is 515 g/mol. The second kappa shape index (κ2) is 9.90. The zero-order valence-corrected chi connectivity index (χ0v) is 22.0. The summed E-state index contributed by atoms with van der Waals surface area (Å²) in [6.45, 7) is 7.87. The number of aryl methyl sites for hydroxylation is 4. The van der Waals surface area contributed by atoms with E-state index >= 15 is 0 Å². The Bertz CT molecular complexity index is 1780. The van der Waals surface area contributed by atoms with Crippen molar-refractivity contribution in [3.05, 3.63) is 107 Å². The molecule has 39 heavy (non-hydrogen) atoms. The van der Waals surface area contributed by atoms with Gasteiger partial charge in [0.05, 0.1) is 28.5 Å². The third-order valence-electron chi connectivity index (χ3n) is 6.28. The summed E-state index contributed by atoms with van der Waals surface area (Å²) in [7, 11) is 0. The van der Waals surface area contributed by atoms with Gasteiger partial charge in [-0.1, -0.05) is 53.6 Å². The van der Waals surface area contributed by atoms with E-state index in [1.807, 2.05) is 116 Å². The molecule has 0 atom stereocenters. The van der Waals surface area contributed by atoms with Crippen LogP contribution in [0.3, 0.4) is 0 Å². The summed E-state index contributed by atoms with van der Waals surface area (Å²) in [6, 6.07) is 25.5. The van der Waals surface area contributed by atoms with E-state index in [0.29, 0.717) is 39.7 Å². The van der Waals surface area contributed by atoms with Crippen molar-refractivity contribution >= 4 is 40.0 Å². The third-order valence-corrected chi connectivity index (χ3v) is 6.28. The van der Waals surface area contributed by atoms with Crippen LogP contribution in [0.2, 0.25) is 0 Å². The fraction of sp³-hybridized carbons (Fsp3) is 0.138. The van der Waals surface area contributed by atoms with E-state index in [4.69, 9.17) is 15.1 Å². The van der Waals surface area contributed by atoms with Gasteiger partial charge < -0.3 is 0 Å². The molecule has 10 heteroatoms. The van der Waals surface area contributed by atoms with E-state index in [2.05, 4.69) is 25.9 Å². The van der Waals surface area contributed by atoms with E-state index in [-0.39, 0.29) is 0 Å². The van der Waals surface area contributed by atoms with Crippen molar-refractivity contribution in [2.45, 2.75) is 27.7 Å². The Kier molecular flexibility index (Phi) is 6.12. The molecule has 0 aliphatic carbocycles. The molecular formula is C29H26N10. The molecule has 0 saturated heterocycles. The van der Waals surface area contributed by atoms with Crippen LogP contribution in [-0.4, -0.2) is 19.0 Å². The molecular weight excluding hydrogens is 488 g/mol. The van der Waals surface area contributed by atoms with Crippen molar-refractivity contribution in [3.63, 3.8) is 0 Å². The van der Waals surface area contributed by atoms with Gasteiger partial charge in [-0.2, -0.15) is 5.10 Å². The Labute approximate surface area is 224 Å². The summed E-state index contributed by atoms with van der Waals surface area (Å²) in [5, 5.41) is 23.4. The number of imidazole rings is 2. The molecule has 6 aromatic rings. The fourth-order valence-electron chi connectivity index (χ4n) is 4.20. The smallest absolute Gasteiger partial charge is 0.198 e. The summed E-state index contributed by atoms with van der Waals surface area (Å²) >= 11 is 0. The maximum absolute atomic E-state index is 4.80. The second-order valence-corrected chi connectivity index (χ2v) is 9.32. The van der Waals surface area contributed by atoms with Gasteiger partial charge in [-0.15, -0.1) is 20.5 Å². The van der Waals surface area contributed by atoms with Gasteiger partial charge in [0, 0.05) is 0 Å². The molecule has 0 fully saturated rings. The van der Waals surface area contributed by atoms with Gasteiger partial charge in [-0.3, -0.25) is 5.43 Å². The van der Waals surface area contributed by atoms with Crippen molar-refractivity contribution in [1.29, 1.82) is 0 Å². The molecule has 0 radical (unpaired) electrons. The van der Waals surface area contributed by atoms with Gasteiger partial charge in [0.2, 0.25) is 0 Å². The number of anilines is 1. The Morgan fingerprint density at radius 1 is 0.564 bits per heavy atom. The third kappa shape index (κ3) is 4.63. The SMILES string of the molecule is Cc1ccc(N=Nc2c(C)nc3c(=NNc4ccccc4)c4nc(C)c(N=Nc5ccc(C)cc5)n4n23)cc1. The summed E-state index contributed by atoms with van der Waals surface area (Å²) in [6.07, 6.45) is 0. The quantitative estimate of drug-likeness (QED) is 0.185. The van der Waals surface area contributed by atoms with Crippen molar-refractivity contribution in [3.8, 4) is 0 Å². The lowest BCUT2D eigenvalue weighted by atomic mass is 10.2. The molecule has 0 aliphatic heterocycles. The number of azo groups is 2. The molecule has 3 heterocycles. The van der Waals surface area contributed by atoms with Gasteiger partial charge in [-0.25, -0.2) is 19.0 Å². The van der Waals surface area contributed by atoms with Crippen LogP contribution in [0.15, 0.2) is 104 Å². The zero-order valence-electron chi connectivity index (χ0n) is 22.0. The van der Waals surface area contributed by atoms with Crippen molar-refractivity contribution in [1.82, 2.24) is 19.0 Å². The molecule has 0 bridgehead atoms. The number of hydrogen-bond acceptors (Lipinski definition) is 8. The summed E-state index contributed by atoms with van der Waals surface area (Å²) < 4.78 is 3.69. The van der Waals surface area contributed by atoms with Crippen LogP contribution in [0.5, 0.6) is 0 Å². The minimum absolute atomic E-state index is 0.556. The highest BCUT2D eigenvalue weighted by molar-refractivity contribution is 5.64. The normalized spacial score (nSPS) is 11.9. The lowest BCUT2D eigenvalue weighted by Gasteiger charge is -1.99. The first-order chi connectivity index (χ1) is 19.0. The number of benzene rings is 3. The van der Waals surface area contributed by atoms with Crippen LogP contribution in [0.25, 0.3) is 11.3 Å². The molecule has 0 unspecified atom stereocenters. The predicted octanol–water partition coefficient (Wildman–Crippen LogP) is 7.41. The van der Waals surface area contributed by atoms with E-state index in [1.54, 1.807) is 0 Å². The maximum Gasteiger partial charge on any atom is 0.198 e. The number of fused-ring (bicyclic) bond motifs is 3. The molecule has 6 rings (SSSR count). The van der Waals surface area contributed by atoms with E-state index in [1.165, 1.54) is 0 Å². The minimum Gasteiger partial charge on any atom is -0.278 e. The number of aromatic nitrogens is 4. The highest BCUT2D eigenvalue weighted by atomic mass is 15.5. The Hall–Kier alpha value is -5.25. The van der Waals surface area contributed by atoms with Gasteiger partial charge in [-0.05, 0) is 64.1 Å². The van der Waals surface area contributed by atoms with Crippen LogP contribution in [0.1, 0.15) is 22.5 Å². The Balaban J connectivity index is 1.56. The fourth-order valence-corrected chi connectivity index (χ4v) is 4.20. The molecule has 0 aliphatic rings. The average Bonchev–Trinajstić information content (AvgIpc) is 3.53. The van der Waals surface area contributed by atoms with E-state index < -0.39 is 0 Å².